The van der Waals surface area contributed by atoms with Gasteiger partial charge in [0.2, 0.25) is 0 Å². The number of fused-ring (bicyclic) bond motifs is 8. The minimum Gasteiger partial charge on any atom is -0.494 e. The molecule has 8 bridgehead atoms. The summed E-state index contributed by atoms with van der Waals surface area (Å²) in [6.07, 6.45) is 25.7. The molecule has 78 heavy (non-hydrogen) atoms. The molecule has 0 saturated carbocycles. The number of unbranched alkanes of at least 4 members (excludes halogenated alkanes) is 14. The predicted octanol–water partition coefficient (Wildman–Crippen LogP) is 18.0. The summed E-state index contributed by atoms with van der Waals surface area (Å²) < 4.78 is 24.7. The van der Waals surface area contributed by atoms with Crippen LogP contribution in [0.4, 0.5) is 0 Å². The van der Waals surface area contributed by atoms with Gasteiger partial charge in [0.05, 0.1) is 41.5 Å². The Morgan fingerprint density at radius 3 is 1.68 bits per heavy atom. The Labute approximate surface area is 460 Å². The van der Waals surface area contributed by atoms with E-state index >= 15 is 0 Å². The second kappa shape index (κ2) is 27.4. The van der Waals surface area contributed by atoms with Crippen molar-refractivity contribution in [3.8, 4) is 56.4 Å². The maximum atomic E-state index is 12.7. The van der Waals surface area contributed by atoms with Gasteiger partial charge in [-0.3, -0.25) is 9.59 Å². The molecule has 3 aromatic heterocycles. The molecule has 2 aliphatic rings. The number of para-hydroxylation sites is 1. The Bertz CT molecular complexity index is 3420. The largest absolute Gasteiger partial charge is 0.494 e. The highest BCUT2D eigenvalue weighted by Gasteiger charge is 2.27. The lowest BCUT2D eigenvalue weighted by atomic mass is 9.90. The van der Waals surface area contributed by atoms with Crippen molar-refractivity contribution < 1.29 is 28.5 Å². The fourth-order valence-corrected chi connectivity index (χ4v) is 10.5. The number of aromatic amines is 2. The van der Waals surface area contributed by atoms with Crippen LogP contribution >= 0.6 is 0 Å². The molecule has 0 radical (unpaired) electrons. The first-order chi connectivity index (χ1) is 38.2. The molecule has 2 aliphatic heterocycles. The van der Waals surface area contributed by atoms with E-state index in [1.54, 1.807) is 12.1 Å². The maximum Gasteiger partial charge on any atom is 0.308 e. The first kappa shape index (κ1) is 54.8. The minimum absolute atomic E-state index is 0.378. The zero-order valence-corrected chi connectivity index (χ0v) is 45.9. The molecule has 0 aliphatic carbocycles. The van der Waals surface area contributed by atoms with Crippen molar-refractivity contribution >= 4 is 57.8 Å². The molecule has 7 aromatic rings. The fraction of sp³-hybridized carbons (Fsp3) is 0.324. The number of aromatic nitrogens is 4. The van der Waals surface area contributed by atoms with E-state index in [0.717, 1.165) is 104 Å². The van der Waals surface area contributed by atoms with Crippen molar-refractivity contribution in [1.29, 1.82) is 0 Å². The standard InChI is InChI=1S/C68H74N4O6/c1-5-7-9-11-13-15-17-21-39-75-57-37-31-49(32-38-57)65-64(50-25-23-27-58(41-50)76-40-22-18-16-14-12-10-8-6-2)62-46-55-36-35-53(70-55)43-52-33-34-54(69-52)44-56-45-61(60-29-19-20-30-63(60)78-48(4)74)67(71-56)66(68(65)72-62)51-26-24-28-59(42-51)77-47(3)73/h19-20,23-38,41-46,69,72H,5-18,21-22,39-40H2,1-4H3. The summed E-state index contributed by atoms with van der Waals surface area (Å²) in [6, 6.07) is 42.0. The lowest BCUT2D eigenvalue weighted by Gasteiger charge is -2.15. The number of hydrogen-bond donors (Lipinski definition) is 2. The van der Waals surface area contributed by atoms with E-state index in [1.807, 2.05) is 85.0 Å². The van der Waals surface area contributed by atoms with Crippen molar-refractivity contribution in [2.45, 2.75) is 130 Å². The van der Waals surface area contributed by atoms with Crippen LogP contribution in [0.25, 0.3) is 79.2 Å². The van der Waals surface area contributed by atoms with E-state index in [1.165, 1.54) is 90.9 Å². The second-order valence-electron chi connectivity index (χ2n) is 20.5. The summed E-state index contributed by atoms with van der Waals surface area (Å²) in [5.41, 5.74) is 12.7. The molecule has 4 aromatic carbocycles. The van der Waals surface area contributed by atoms with Crippen LogP contribution in [0.3, 0.4) is 0 Å². The van der Waals surface area contributed by atoms with Crippen LogP contribution in [0.1, 0.15) is 159 Å². The second-order valence-corrected chi connectivity index (χ2v) is 20.5. The molecule has 0 atom stereocenters. The van der Waals surface area contributed by atoms with Crippen LogP contribution in [-0.4, -0.2) is 45.1 Å². The van der Waals surface area contributed by atoms with E-state index in [9.17, 15) is 9.59 Å². The number of benzene rings is 4. The number of ether oxygens (including phenoxy) is 4. The van der Waals surface area contributed by atoms with E-state index in [-0.39, 0.29) is 0 Å². The molecule has 5 heterocycles. The number of hydrogen-bond acceptors (Lipinski definition) is 8. The summed E-state index contributed by atoms with van der Waals surface area (Å²) in [6.45, 7) is 8.59. The van der Waals surface area contributed by atoms with Gasteiger partial charge >= 0.3 is 11.9 Å². The van der Waals surface area contributed by atoms with Gasteiger partial charge in [-0.05, 0) is 121 Å². The zero-order chi connectivity index (χ0) is 54.1. The predicted molar refractivity (Wildman–Crippen MR) is 318 cm³/mol. The van der Waals surface area contributed by atoms with Gasteiger partial charge in [-0.1, -0.05) is 158 Å². The van der Waals surface area contributed by atoms with Crippen LogP contribution in [0.2, 0.25) is 0 Å². The van der Waals surface area contributed by atoms with E-state index in [2.05, 4.69) is 72.3 Å². The van der Waals surface area contributed by atoms with Gasteiger partial charge < -0.3 is 28.9 Å². The normalized spacial score (nSPS) is 11.9. The van der Waals surface area contributed by atoms with E-state index < -0.39 is 11.9 Å². The number of nitrogens with zero attached hydrogens (tertiary/aromatic N) is 2. The van der Waals surface area contributed by atoms with Gasteiger partial charge in [0.25, 0.3) is 0 Å². The molecule has 0 spiro atoms. The third-order valence-corrected chi connectivity index (χ3v) is 14.2. The number of rotatable bonds is 26. The number of esters is 2. The first-order valence-electron chi connectivity index (χ1n) is 28.4. The molecular weight excluding hydrogens is 969 g/mol. The molecule has 10 nitrogen and oxygen atoms in total. The van der Waals surface area contributed by atoms with Gasteiger partial charge in [-0.15, -0.1) is 0 Å². The number of carbonyl (C=O) groups excluding carboxylic acids is 2. The van der Waals surface area contributed by atoms with Crippen molar-refractivity contribution in [1.82, 2.24) is 19.9 Å². The van der Waals surface area contributed by atoms with Crippen molar-refractivity contribution in [3.63, 3.8) is 0 Å². The monoisotopic (exact) mass is 1040 g/mol. The Hall–Kier alpha value is -7.98. The molecule has 2 N–H and O–H groups in total. The Morgan fingerprint density at radius 1 is 0.462 bits per heavy atom. The highest BCUT2D eigenvalue weighted by Crippen LogP contribution is 2.48. The molecular formula is C68H74N4O6. The van der Waals surface area contributed by atoms with Crippen molar-refractivity contribution in [2.75, 3.05) is 13.2 Å². The van der Waals surface area contributed by atoms with Gasteiger partial charge in [0.1, 0.15) is 23.0 Å². The van der Waals surface area contributed by atoms with Gasteiger partial charge in [-0.2, -0.15) is 0 Å². The SMILES string of the molecule is CCCCCCCCCCOc1ccc(-c2c(-c3cccc(OCCCCCCCCCC)c3)c3cc4nc(cc5ccc(cc6nc(c(-c7cccc(OC(C)=O)c7)c2[nH]3)C(c2ccccc2OC(C)=O)=C6)[nH]5)C=C4)cc1. The lowest BCUT2D eigenvalue weighted by molar-refractivity contribution is -0.132. The number of H-pyrrole nitrogens is 2. The average molecular weight is 1040 g/mol. The fourth-order valence-electron chi connectivity index (χ4n) is 10.5. The molecule has 10 heteroatoms. The topological polar surface area (TPSA) is 128 Å². The molecule has 0 saturated heterocycles. The van der Waals surface area contributed by atoms with Crippen LogP contribution in [0, 0.1) is 0 Å². The minimum atomic E-state index is -0.441. The van der Waals surface area contributed by atoms with Crippen LogP contribution in [0.15, 0.2) is 127 Å². The molecule has 0 amide bonds. The average Bonchev–Trinajstić information content (AvgIpc) is 4.27. The summed E-state index contributed by atoms with van der Waals surface area (Å²) in [5.74, 6) is 1.48. The smallest absolute Gasteiger partial charge is 0.308 e. The third-order valence-electron chi connectivity index (χ3n) is 14.2. The van der Waals surface area contributed by atoms with Gasteiger partial charge in [0.15, 0.2) is 0 Å². The van der Waals surface area contributed by atoms with Gasteiger partial charge in [-0.25, -0.2) is 9.97 Å². The summed E-state index contributed by atoms with van der Waals surface area (Å²) in [5, 5.41) is 0. The van der Waals surface area contributed by atoms with E-state index in [0.29, 0.717) is 47.2 Å². The van der Waals surface area contributed by atoms with Crippen LogP contribution < -0.4 is 18.9 Å². The van der Waals surface area contributed by atoms with Gasteiger partial charge in [0, 0.05) is 58.2 Å². The zero-order valence-electron chi connectivity index (χ0n) is 45.9. The van der Waals surface area contributed by atoms with Crippen LogP contribution in [0.5, 0.6) is 23.0 Å². The van der Waals surface area contributed by atoms with Crippen LogP contribution in [-0.2, 0) is 9.59 Å². The lowest BCUT2D eigenvalue weighted by Crippen LogP contribution is -2.04. The Balaban J connectivity index is 1.28. The molecule has 402 valence electrons. The summed E-state index contributed by atoms with van der Waals surface area (Å²) in [4.78, 5) is 43.5. The Kier molecular flexibility index (Phi) is 19.2. The summed E-state index contributed by atoms with van der Waals surface area (Å²) >= 11 is 0. The maximum absolute atomic E-state index is 12.7. The first-order valence-corrected chi connectivity index (χ1v) is 28.4. The highest BCUT2D eigenvalue weighted by molar-refractivity contribution is 6.11. The molecule has 0 fully saturated rings. The third kappa shape index (κ3) is 14.5. The highest BCUT2D eigenvalue weighted by atomic mass is 16.5. The number of nitrogens with one attached hydrogen (secondary N) is 2. The molecule has 0 unspecified atom stereocenters. The summed E-state index contributed by atoms with van der Waals surface area (Å²) in [7, 11) is 0. The number of carbonyl (C=O) groups is 2. The van der Waals surface area contributed by atoms with Crippen molar-refractivity contribution in [2.24, 2.45) is 0 Å². The van der Waals surface area contributed by atoms with E-state index in [4.69, 9.17) is 28.9 Å². The Morgan fingerprint density at radius 2 is 1.03 bits per heavy atom. The quantitative estimate of drug-likeness (QED) is 0.0312. The molecule has 9 rings (SSSR count). The van der Waals surface area contributed by atoms with Crippen molar-refractivity contribution in [3.05, 3.63) is 156 Å².